The van der Waals surface area contributed by atoms with Gasteiger partial charge in [-0.1, -0.05) is 25.4 Å². The number of hydrogen-bond donors (Lipinski definition) is 1. The van der Waals surface area contributed by atoms with Gasteiger partial charge in [0.1, 0.15) is 0 Å². The molecule has 0 saturated carbocycles. The predicted molar refractivity (Wildman–Crippen MR) is 64.3 cm³/mol. The normalized spacial score (nSPS) is 13.1. The van der Waals surface area contributed by atoms with Gasteiger partial charge < -0.3 is 5.73 Å². The van der Waals surface area contributed by atoms with Crippen LogP contribution in [0.3, 0.4) is 0 Å². The zero-order chi connectivity index (χ0) is 11.4. The Morgan fingerprint density at radius 2 is 2.07 bits per heavy atom. The molecule has 15 heavy (non-hydrogen) atoms. The van der Waals surface area contributed by atoms with Gasteiger partial charge in [-0.15, -0.1) is 0 Å². The average Bonchev–Trinajstić information content (AvgIpc) is 2.55. The van der Waals surface area contributed by atoms with Crippen molar-refractivity contribution in [2.45, 2.75) is 52.6 Å². The van der Waals surface area contributed by atoms with E-state index in [2.05, 4.69) is 25.9 Å². The molecule has 2 N–H and O–H groups in total. The summed E-state index contributed by atoms with van der Waals surface area (Å²) in [5, 5.41) is 5.27. The molecule has 86 valence electrons. The molecule has 3 nitrogen and oxygen atoms in total. The molecule has 0 amide bonds. The highest BCUT2D eigenvalue weighted by atomic mass is 35.5. The molecule has 0 bridgehead atoms. The summed E-state index contributed by atoms with van der Waals surface area (Å²) in [6, 6.07) is 0.175. The fraction of sp³-hybridized carbons (Fsp3) is 0.727. The summed E-state index contributed by atoms with van der Waals surface area (Å²) in [4.78, 5) is 0. The van der Waals surface area contributed by atoms with Crippen LogP contribution in [0, 0.1) is 0 Å². The van der Waals surface area contributed by atoms with Crippen molar-refractivity contribution in [3.8, 4) is 0 Å². The summed E-state index contributed by atoms with van der Waals surface area (Å²) in [5.74, 6) is 0. The van der Waals surface area contributed by atoms with E-state index in [0.717, 1.165) is 42.2 Å². The summed E-state index contributed by atoms with van der Waals surface area (Å²) in [6.07, 6.45) is 2.66. The highest BCUT2D eigenvalue weighted by Crippen LogP contribution is 2.22. The maximum atomic E-state index is 6.27. The van der Waals surface area contributed by atoms with Crippen LogP contribution in [-0.2, 0) is 19.4 Å². The third-order valence-electron chi connectivity index (χ3n) is 2.67. The lowest BCUT2D eigenvalue weighted by molar-refractivity contribution is 0.567. The van der Waals surface area contributed by atoms with Gasteiger partial charge in [0.25, 0.3) is 0 Å². The van der Waals surface area contributed by atoms with Gasteiger partial charge in [-0.2, -0.15) is 5.10 Å². The predicted octanol–water partition coefficient (Wildman–Crippen LogP) is 2.40. The number of aromatic nitrogens is 2. The number of halogens is 1. The smallest absolute Gasteiger partial charge is 0.0850 e. The molecule has 1 rings (SSSR count). The third-order valence-corrected chi connectivity index (χ3v) is 3.11. The van der Waals surface area contributed by atoms with Crippen LogP contribution in [0.25, 0.3) is 0 Å². The highest BCUT2D eigenvalue weighted by molar-refractivity contribution is 6.31. The first kappa shape index (κ1) is 12.5. The van der Waals surface area contributed by atoms with Gasteiger partial charge in [-0.05, 0) is 19.8 Å². The molecule has 0 aliphatic carbocycles. The molecule has 0 aliphatic rings. The first-order valence-electron chi connectivity index (χ1n) is 5.63. The van der Waals surface area contributed by atoms with Gasteiger partial charge in [0, 0.05) is 19.0 Å². The van der Waals surface area contributed by atoms with Crippen LogP contribution in [0.15, 0.2) is 0 Å². The lowest BCUT2D eigenvalue weighted by atomic mass is 10.1. The number of nitrogens with two attached hydrogens (primary N) is 1. The molecule has 0 aliphatic heterocycles. The molecule has 0 spiro atoms. The van der Waals surface area contributed by atoms with Crippen LogP contribution in [0.4, 0.5) is 0 Å². The Labute approximate surface area is 96.6 Å². The Kier molecular flexibility index (Phi) is 4.61. The minimum absolute atomic E-state index is 0.175. The van der Waals surface area contributed by atoms with Gasteiger partial charge in [-0.25, -0.2) is 0 Å². The van der Waals surface area contributed by atoms with Crippen LogP contribution in [0.1, 0.15) is 38.6 Å². The first-order chi connectivity index (χ1) is 7.13. The van der Waals surface area contributed by atoms with Crippen molar-refractivity contribution >= 4 is 11.6 Å². The largest absolute Gasteiger partial charge is 0.327 e. The van der Waals surface area contributed by atoms with E-state index in [1.54, 1.807) is 0 Å². The molecule has 4 heteroatoms. The second-order valence-electron chi connectivity index (χ2n) is 3.75. The quantitative estimate of drug-likeness (QED) is 0.843. The average molecular weight is 230 g/mol. The highest BCUT2D eigenvalue weighted by Gasteiger charge is 2.15. The van der Waals surface area contributed by atoms with Crippen LogP contribution in [0.5, 0.6) is 0 Å². The number of nitrogens with zero attached hydrogens (tertiary/aromatic N) is 2. The van der Waals surface area contributed by atoms with Crippen LogP contribution >= 0.6 is 11.6 Å². The van der Waals surface area contributed by atoms with Crippen molar-refractivity contribution in [2.75, 3.05) is 0 Å². The van der Waals surface area contributed by atoms with Crippen molar-refractivity contribution in [1.29, 1.82) is 0 Å². The maximum absolute atomic E-state index is 6.27. The fourth-order valence-corrected chi connectivity index (χ4v) is 1.95. The summed E-state index contributed by atoms with van der Waals surface area (Å²) in [6.45, 7) is 7.08. The number of rotatable bonds is 5. The summed E-state index contributed by atoms with van der Waals surface area (Å²) < 4.78 is 1.97. The Balaban J connectivity index is 2.97. The van der Waals surface area contributed by atoms with E-state index in [9.17, 15) is 0 Å². The first-order valence-corrected chi connectivity index (χ1v) is 6.01. The van der Waals surface area contributed by atoms with E-state index in [1.807, 2.05) is 4.68 Å². The molecular weight excluding hydrogens is 210 g/mol. The molecule has 1 aromatic heterocycles. The van der Waals surface area contributed by atoms with Gasteiger partial charge >= 0.3 is 0 Å². The number of hydrogen-bond acceptors (Lipinski definition) is 2. The van der Waals surface area contributed by atoms with Crippen LogP contribution in [-0.4, -0.2) is 15.8 Å². The molecule has 0 fully saturated rings. The van der Waals surface area contributed by atoms with Gasteiger partial charge in [0.05, 0.1) is 16.4 Å². The second-order valence-corrected chi connectivity index (χ2v) is 4.13. The van der Waals surface area contributed by atoms with E-state index in [4.69, 9.17) is 17.3 Å². The van der Waals surface area contributed by atoms with E-state index in [0.29, 0.717) is 0 Å². The van der Waals surface area contributed by atoms with E-state index < -0.39 is 0 Å². The zero-order valence-corrected chi connectivity index (χ0v) is 10.5. The topological polar surface area (TPSA) is 43.8 Å². The Bertz CT molecular complexity index is 320. The monoisotopic (exact) mass is 229 g/mol. The van der Waals surface area contributed by atoms with Gasteiger partial charge in [0.2, 0.25) is 0 Å². The minimum atomic E-state index is 0.175. The van der Waals surface area contributed by atoms with Gasteiger partial charge in [0.15, 0.2) is 0 Å². The third kappa shape index (κ3) is 2.73. The Hall–Kier alpha value is -0.540. The van der Waals surface area contributed by atoms with Gasteiger partial charge in [-0.3, -0.25) is 4.68 Å². The zero-order valence-electron chi connectivity index (χ0n) is 9.76. The molecule has 1 heterocycles. The van der Waals surface area contributed by atoms with E-state index in [-0.39, 0.29) is 6.04 Å². The Morgan fingerprint density at radius 1 is 1.40 bits per heavy atom. The molecular formula is C11H20ClN3. The maximum Gasteiger partial charge on any atom is 0.0850 e. The van der Waals surface area contributed by atoms with Crippen molar-refractivity contribution in [3.05, 3.63) is 16.4 Å². The molecule has 1 aromatic rings. The summed E-state index contributed by atoms with van der Waals surface area (Å²) in [7, 11) is 0. The van der Waals surface area contributed by atoms with Crippen molar-refractivity contribution in [1.82, 2.24) is 9.78 Å². The molecule has 0 radical (unpaired) electrons. The number of aryl methyl sites for hydroxylation is 2. The Morgan fingerprint density at radius 3 is 2.53 bits per heavy atom. The minimum Gasteiger partial charge on any atom is -0.327 e. The summed E-state index contributed by atoms with van der Waals surface area (Å²) >= 11 is 6.27. The second kappa shape index (κ2) is 5.52. The lowest BCUT2D eigenvalue weighted by Gasteiger charge is -2.10. The fourth-order valence-electron chi connectivity index (χ4n) is 1.60. The molecule has 0 saturated heterocycles. The SMILES string of the molecule is CCc1nn(CC)c(CC(N)CC)c1Cl. The lowest BCUT2D eigenvalue weighted by Crippen LogP contribution is -2.23. The molecule has 0 aromatic carbocycles. The summed E-state index contributed by atoms with van der Waals surface area (Å²) in [5.41, 5.74) is 8.02. The van der Waals surface area contributed by atoms with E-state index >= 15 is 0 Å². The van der Waals surface area contributed by atoms with Crippen LogP contribution < -0.4 is 5.73 Å². The molecule has 1 unspecified atom stereocenters. The van der Waals surface area contributed by atoms with E-state index in [1.165, 1.54) is 0 Å². The molecule has 1 atom stereocenters. The van der Waals surface area contributed by atoms with Crippen LogP contribution in [0.2, 0.25) is 5.02 Å². The van der Waals surface area contributed by atoms with Crippen molar-refractivity contribution < 1.29 is 0 Å². The standard InChI is InChI=1S/C11H20ClN3/c1-4-8(13)7-10-11(12)9(5-2)14-15(10)6-3/h8H,4-7,13H2,1-3H3. The van der Waals surface area contributed by atoms with Crippen molar-refractivity contribution in [3.63, 3.8) is 0 Å². The van der Waals surface area contributed by atoms with Crippen molar-refractivity contribution in [2.24, 2.45) is 5.73 Å².